The molecule has 1 aliphatic heterocycles. The lowest BCUT2D eigenvalue weighted by atomic mass is 10.2. The summed E-state index contributed by atoms with van der Waals surface area (Å²) in [7, 11) is 0. The van der Waals surface area contributed by atoms with E-state index in [0.29, 0.717) is 6.61 Å². The molecule has 4 nitrogen and oxygen atoms in total. The standard InChI is InChI=1S/C7H14O4/c1-7(2)10-4-6(11-7)5(9)3-8/h5-6,8-9H,3-4H2,1-2H3/t5?,6-/m0/s1. The molecule has 11 heavy (non-hydrogen) atoms. The van der Waals surface area contributed by atoms with Crippen LogP contribution >= 0.6 is 0 Å². The maximum Gasteiger partial charge on any atom is 0.163 e. The van der Waals surface area contributed by atoms with Crippen LogP contribution in [-0.2, 0) is 9.47 Å². The van der Waals surface area contributed by atoms with Crippen LogP contribution in [0, 0.1) is 0 Å². The molecular weight excluding hydrogens is 148 g/mol. The van der Waals surface area contributed by atoms with Gasteiger partial charge in [0.25, 0.3) is 0 Å². The van der Waals surface area contributed by atoms with Crippen molar-refractivity contribution in [2.75, 3.05) is 13.2 Å². The van der Waals surface area contributed by atoms with E-state index >= 15 is 0 Å². The first-order chi connectivity index (χ1) is 5.05. The van der Waals surface area contributed by atoms with Gasteiger partial charge in [0, 0.05) is 0 Å². The molecule has 2 atom stereocenters. The summed E-state index contributed by atoms with van der Waals surface area (Å²) >= 11 is 0. The third-order valence-corrected chi connectivity index (χ3v) is 1.65. The minimum atomic E-state index is -0.836. The van der Waals surface area contributed by atoms with Crippen molar-refractivity contribution in [3.05, 3.63) is 0 Å². The molecule has 0 amide bonds. The normalized spacial score (nSPS) is 32.2. The lowest BCUT2D eigenvalue weighted by Gasteiger charge is -2.18. The molecule has 1 saturated heterocycles. The van der Waals surface area contributed by atoms with Crippen LogP contribution in [0.4, 0.5) is 0 Å². The van der Waals surface area contributed by atoms with Gasteiger partial charge in [-0.1, -0.05) is 0 Å². The van der Waals surface area contributed by atoms with Crippen molar-refractivity contribution >= 4 is 0 Å². The Balaban J connectivity index is 2.41. The summed E-state index contributed by atoms with van der Waals surface area (Å²) in [5.41, 5.74) is 0. The van der Waals surface area contributed by atoms with Crippen LogP contribution < -0.4 is 0 Å². The molecule has 0 aromatic rings. The van der Waals surface area contributed by atoms with Crippen molar-refractivity contribution in [1.29, 1.82) is 0 Å². The Morgan fingerprint density at radius 1 is 1.64 bits per heavy atom. The summed E-state index contributed by atoms with van der Waals surface area (Å²) in [5, 5.41) is 17.7. The Morgan fingerprint density at radius 3 is 2.64 bits per heavy atom. The zero-order chi connectivity index (χ0) is 8.48. The molecule has 0 radical (unpaired) electrons. The molecule has 1 fully saturated rings. The van der Waals surface area contributed by atoms with Crippen LogP contribution in [0.25, 0.3) is 0 Å². The van der Waals surface area contributed by atoms with Gasteiger partial charge < -0.3 is 19.7 Å². The molecule has 0 saturated carbocycles. The maximum atomic E-state index is 9.13. The molecule has 1 rings (SSSR count). The number of rotatable bonds is 2. The number of aliphatic hydroxyl groups excluding tert-OH is 2. The van der Waals surface area contributed by atoms with Crippen molar-refractivity contribution in [3.8, 4) is 0 Å². The SMILES string of the molecule is CC1(C)OC[C@@H](C(O)CO)O1. The molecule has 0 aromatic heterocycles. The van der Waals surface area contributed by atoms with Gasteiger partial charge >= 0.3 is 0 Å². The smallest absolute Gasteiger partial charge is 0.163 e. The fraction of sp³-hybridized carbons (Fsp3) is 1.00. The summed E-state index contributed by atoms with van der Waals surface area (Å²) < 4.78 is 10.5. The van der Waals surface area contributed by atoms with E-state index in [2.05, 4.69) is 0 Å². The summed E-state index contributed by atoms with van der Waals surface area (Å²) in [6, 6.07) is 0. The van der Waals surface area contributed by atoms with Crippen molar-refractivity contribution in [3.63, 3.8) is 0 Å². The van der Waals surface area contributed by atoms with Gasteiger partial charge in [0.05, 0.1) is 13.2 Å². The predicted octanol–water partition coefficient (Wildman–Crippen LogP) is -0.509. The lowest BCUT2D eigenvalue weighted by Crippen LogP contribution is -2.33. The summed E-state index contributed by atoms with van der Waals surface area (Å²) in [6.45, 7) is 3.60. The quantitative estimate of drug-likeness (QED) is 0.574. The molecule has 1 heterocycles. The number of ether oxygens (including phenoxy) is 2. The van der Waals surface area contributed by atoms with Gasteiger partial charge in [-0.15, -0.1) is 0 Å². The topological polar surface area (TPSA) is 58.9 Å². The summed E-state index contributed by atoms with van der Waals surface area (Å²) in [4.78, 5) is 0. The van der Waals surface area contributed by atoms with E-state index in [1.807, 2.05) is 0 Å². The largest absolute Gasteiger partial charge is 0.394 e. The molecule has 0 aromatic carbocycles. The van der Waals surface area contributed by atoms with Gasteiger partial charge in [-0.2, -0.15) is 0 Å². The Labute approximate surface area is 65.7 Å². The van der Waals surface area contributed by atoms with Gasteiger partial charge in [0.15, 0.2) is 5.79 Å². The fourth-order valence-corrected chi connectivity index (χ4v) is 1.02. The average molecular weight is 162 g/mol. The van der Waals surface area contributed by atoms with Crippen LogP contribution in [0.2, 0.25) is 0 Å². The first-order valence-electron chi connectivity index (χ1n) is 3.66. The second-order valence-electron chi connectivity index (χ2n) is 3.12. The third kappa shape index (κ3) is 2.13. The van der Waals surface area contributed by atoms with E-state index in [-0.39, 0.29) is 6.61 Å². The highest BCUT2D eigenvalue weighted by atomic mass is 16.7. The van der Waals surface area contributed by atoms with Gasteiger partial charge in [0.1, 0.15) is 12.2 Å². The van der Waals surface area contributed by atoms with Crippen LogP contribution in [-0.4, -0.2) is 41.4 Å². The maximum absolute atomic E-state index is 9.13. The molecule has 4 heteroatoms. The van der Waals surface area contributed by atoms with E-state index < -0.39 is 18.0 Å². The molecule has 0 bridgehead atoms. The number of aliphatic hydroxyl groups is 2. The monoisotopic (exact) mass is 162 g/mol. The highest BCUT2D eigenvalue weighted by Crippen LogP contribution is 2.23. The molecular formula is C7H14O4. The zero-order valence-corrected chi connectivity index (χ0v) is 6.78. The predicted molar refractivity (Wildman–Crippen MR) is 38.0 cm³/mol. The average Bonchev–Trinajstić information content (AvgIpc) is 2.29. The number of hydrogen-bond acceptors (Lipinski definition) is 4. The van der Waals surface area contributed by atoms with Gasteiger partial charge in [-0.25, -0.2) is 0 Å². The van der Waals surface area contributed by atoms with Crippen LogP contribution in [0.15, 0.2) is 0 Å². The highest BCUT2D eigenvalue weighted by molar-refractivity contribution is 4.76. The van der Waals surface area contributed by atoms with Crippen LogP contribution in [0.3, 0.4) is 0 Å². The van der Waals surface area contributed by atoms with Gasteiger partial charge in [0.2, 0.25) is 0 Å². The minimum absolute atomic E-state index is 0.288. The minimum Gasteiger partial charge on any atom is -0.394 e. The van der Waals surface area contributed by atoms with Crippen molar-refractivity contribution < 1.29 is 19.7 Å². The van der Waals surface area contributed by atoms with E-state index in [1.54, 1.807) is 13.8 Å². The van der Waals surface area contributed by atoms with Crippen molar-refractivity contribution in [2.24, 2.45) is 0 Å². The van der Waals surface area contributed by atoms with Gasteiger partial charge in [-0.3, -0.25) is 0 Å². The lowest BCUT2D eigenvalue weighted by molar-refractivity contribution is -0.153. The number of hydrogen-bond donors (Lipinski definition) is 2. The fourth-order valence-electron chi connectivity index (χ4n) is 1.02. The Hall–Kier alpha value is -0.160. The van der Waals surface area contributed by atoms with Crippen molar-refractivity contribution in [1.82, 2.24) is 0 Å². The zero-order valence-electron chi connectivity index (χ0n) is 6.78. The Kier molecular flexibility index (Phi) is 2.49. The second kappa shape index (κ2) is 3.06. The first-order valence-corrected chi connectivity index (χ1v) is 3.66. The molecule has 0 aliphatic carbocycles. The highest BCUT2D eigenvalue weighted by Gasteiger charge is 2.36. The van der Waals surface area contributed by atoms with Crippen molar-refractivity contribution in [2.45, 2.75) is 31.8 Å². The Bertz CT molecular complexity index is 134. The molecule has 2 N–H and O–H groups in total. The second-order valence-corrected chi connectivity index (χ2v) is 3.12. The van der Waals surface area contributed by atoms with E-state index in [4.69, 9.17) is 19.7 Å². The first kappa shape index (κ1) is 8.93. The summed E-state index contributed by atoms with van der Waals surface area (Å²) in [5.74, 6) is -0.624. The van der Waals surface area contributed by atoms with Crippen LogP contribution in [0.1, 0.15) is 13.8 Å². The molecule has 66 valence electrons. The van der Waals surface area contributed by atoms with E-state index in [0.717, 1.165) is 0 Å². The van der Waals surface area contributed by atoms with Crippen LogP contribution in [0.5, 0.6) is 0 Å². The molecule has 0 spiro atoms. The third-order valence-electron chi connectivity index (χ3n) is 1.65. The molecule has 1 unspecified atom stereocenters. The molecule has 1 aliphatic rings. The van der Waals surface area contributed by atoms with E-state index in [1.165, 1.54) is 0 Å². The van der Waals surface area contributed by atoms with Gasteiger partial charge in [-0.05, 0) is 13.8 Å². The Morgan fingerprint density at radius 2 is 2.27 bits per heavy atom. The summed E-state index contributed by atoms with van der Waals surface area (Å²) in [6.07, 6.45) is -1.23. The van der Waals surface area contributed by atoms with E-state index in [9.17, 15) is 0 Å².